The second-order valence-corrected chi connectivity index (χ2v) is 3.58. The van der Waals surface area contributed by atoms with Crippen molar-refractivity contribution in [1.29, 1.82) is 0 Å². The Morgan fingerprint density at radius 2 is 2.20 bits per heavy atom. The number of nitrogens with one attached hydrogen (secondary N) is 1. The number of rotatable bonds is 2. The SMILES string of the molecule is C=CC(=O)NC1C=C(C)CCCC1.CC. The molecule has 0 aromatic carbocycles. The predicted molar refractivity (Wildman–Crippen MR) is 65.7 cm³/mol. The van der Waals surface area contributed by atoms with Crippen LogP contribution in [0.15, 0.2) is 24.3 Å². The van der Waals surface area contributed by atoms with Gasteiger partial charge in [0.2, 0.25) is 5.91 Å². The summed E-state index contributed by atoms with van der Waals surface area (Å²) in [5.74, 6) is -0.0732. The molecule has 0 aliphatic heterocycles. The molecule has 0 fully saturated rings. The predicted octanol–water partition coefficient (Wildman–Crippen LogP) is 3.20. The third kappa shape index (κ3) is 6.10. The third-order valence-corrected chi connectivity index (χ3v) is 2.33. The lowest BCUT2D eigenvalue weighted by atomic mass is 10.1. The van der Waals surface area contributed by atoms with Crippen molar-refractivity contribution in [2.24, 2.45) is 0 Å². The molecule has 1 aliphatic carbocycles. The van der Waals surface area contributed by atoms with Crippen molar-refractivity contribution in [3.8, 4) is 0 Å². The first kappa shape index (κ1) is 13.9. The average molecular weight is 209 g/mol. The zero-order valence-corrected chi connectivity index (χ0v) is 10.2. The Balaban J connectivity index is 0.000000921. The summed E-state index contributed by atoms with van der Waals surface area (Å²) in [6.07, 6.45) is 8.14. The summed E-state index contributed by atoms with van der Waals surface area (Å²) in [7, 11) is 0. The molecule has 86 valence electrons. The Morgan fingerprint density at radius 1 is 1.53 bits per heavy atom. The maximum absolute atomic E-state index is 11.0. The first-order chi connectivity index (χ1) is 7.22. The van der Waals surface area contributed by atoms with Gasteiger partial charge >= 0.3 is 0 Å². The molecule has 1 atom stereocenters. The molecule has 1 aliphatic rings. The Bertz CT molecular complexity index is 231. The fourth-order valence-corrected chi connectivity index (χ4v) is 1.63. The van der Waals surface area contributed by atoms with Gasteiger partial charge in [-0.1, -0.05) is 38.5 Å². The van der Waals surface area contributed by atoms with E-state index in [9.17, 15) is 4.79 Å². The van der Waals surface area contributed by atoms with Crippen LogP contribution in [0.25, 0.3) is 0 Å². The van der Waals surface area contributed by atoms with Crippen LogP contribution in [0.5, 0.6) is 0 Å². The monoisotopic (exact) mass is 209 g/mol. The number of allylic oxidation sites excluding steroid dienone is 1. The zero-order chi connectivity index (χ0) is 11.7. The topological polar surface area (TPSA) is 29.1 Å². The van der Waals surface area contributed by atoms with Crippen molar-refractivity contribution >= 4 is 5.91 Å². The minimum Gasteiger partial charge on any atom is -0.346 e. The highest BCUT2D eigenvalue weighted by atomic mass is 16.1. The Labute approximate surface area is 93.5 Å². The molecule has 0 aromatic heterocycles. The molecule has 1 amide bonds. The fourth-order valence-electron chi connectivity index (χ4n) is 1.63. The van der Waals surface area contributed by atoms with Crippen LogP contribution >= 0.6 is 0 Å². The molecule has 1 unspecified atom stereocenters. The van der Waals surface area contributed by atoms with Crippen LogP contribution in [0, 0.1) is 0 Å². The van der Waals surface area contributed by atoms with Crippen LogP contribution in [0.1, 0.15) is 46.5 Å². The molecule has 0 saturated heterocycles. The zero-order valence-electron chi connectivity index (χ0n) is 10.2. The van der Waals surface area contributed by atoms with E-state index in [1.807, 2.05) is 13.8 Å². The van der Waals surface area contributed by atoms with Gasteiger partial charge in [0, 0.05) is 6.04 Å². The maximum atomic E-state index is 11.0. The van der Waals surface area contributed by atoms with Gasteiger partial charge in [0.1, 0.15) is 0 Å². The highest BCUT2D eigenvalue weighted by Gasteiger charge is 2.10. The van der Waals surface area contributed by atoms with Crippen molar-refractivity contribution in [3.63, 3.8) is 0 Å². The molecule has 0 heterocycles. The van der Waals surface area contributed by atoms with Crippen molar-refractivity contribution in [3.05, 3.63) is 24.3 Å². The first-order valence-corrected chi connectivity index (χ1v) is 5.82. The smallest absolute Gasteiger partial charge is 0.243 e. The molecule has 1 N–H and O–H groups in total. The molecule has 0 aromatic rings. The number of carbonyl (C=O) groups is 1. The van der Waals surface area contributed by atoms with Gasteiger partial charge in [-0.15, -0.1) is 0 Å². The van der Waals surface area contributed by atoms with Gasteiger partial charge in [-0.05, 0) is 32.3 Å². The number of amides is 1. The maximum Gasteiger partial charge on any atom is 0.243 e. The third-order valence-electron chi connectivity index (χ3n) is 2.33. The van der Waals surface area contributed by atoms with Gasteiger partial charge in [-0.3, -0.25) is 4.79 Å². The Kier molecular flexibility index (Phi) is 7.69. The lowest BCUT2D eigenvalue weighted by Crippen LogP contribution is -2.31. The molecular weight excluding hydrogens is 186 g/mol. The largest absolute Gasteiger partial charge is 0.346 e. The van der Waals surface area contributed by atoms with E-state index in [0.29, 0.717) is 0 Å². The van der Waals surface area contributed by atoms with Gasteiger partial charge in [-0.2, -0.15) is 0 Å². The van der Waals surface area contributed by atoms with Gasteiger partial charge in [0.05, 0.1) is 0 Å². The molecule has 0 radical (unpaired) electrons. The van der Waals surface area contributed by atoms with E-state index in [0.717, 1.165) is 6.42 Å². The number of hydrogen-bond acceptors (Lipinski definition) is 1. The van der Waals surface area contributed by atoms with Gasteiger partial charge in [0.25, 0.3) is 0 Å². The van der Waals surface area contributed by atoms with E-state index < -0.39 is 0 Å². The summed E-state index contributed by atoms with van der Waals surface area (Å²) in [5.41, 5.74) is 1.38. The van der Waals surface area contributed by atoms with Crippen molar-refractivity contribution in [1.82, 2.24) is 5.32 Å². The Morgan fingerprint density at radius 3 is 2.80 bits per heavy atom. The second kappa shape index (κ2) is 8.27. The second-order valence-electron chi connectivity index (χ2n) is 3.58. The van der Waals surface area contributed by atoms with Gasteiger partial charge in [0.15, 0.2) is 0 Å². The van der Waals surface area contributed by atoms with E-state index in [1.165, 1.54) is 30.9 Å². The van der Waals surface area contributed by atoms with E-state index in [4.69, 9.17) is 0 Å². The molecular formula is C13H23NO. The lowest BCUT2D eigenvalue weighted by Gasteiger charge is -2.11. The van der Waals surface area contributed by atoms with Crippen LogP contribution in [0.4, 0.5) is 0 Å². The molecule has 2 nitrogen and oxygen atoms in total. The summed E-state index contributed by atoms with van der Waals surface area (Å²) < 4.78 is 0. The van der Waals surface area contributed by atoms with Crippen molar-refractivity contribution in [2.45, 2.75) is 52.5 Å². The standard InChI is InChI=1S/C11H17NO.C2H6/c1-3-11(13)12-10-7-5-4-6-9(2)8-10;1-2/h3,8,10H,1,4-7H2,2H3,(H,12,13);1-2H3. The summed E-state index contributed by atoms with van der Waals surface area (Å²) in [6.45, 7) is 9.56. The number of hydrogen-bond donors (Lipinski definition) is 1. The molecule has 0 bridgehead atoms. The van der Waals surface area contributed by atoms with E-state index in [-0.39, 0.29) is 11.9 Å². The summed E-state index contributed by atoms with van der Waals surface area (Å²) in [6, 6.07) is 0.216. The first-order valence-electron chi connectivity index (χ1n) is 5.82. The highest BCUT2D eigenvalue weighted by Crippen LogP contribution is 2.16. The minimum atomic E-state index is -0.0732. The molecule has 15 heavy (non-hydrogen) atoms. The lowest BCUT2D eigenvalue weighted by molar-refractivity contribution is -0.116. The summed E-state index contributed by atoms with van der Waals surface area (Å²) in [4.78, 5) is 11.0. The van der Waals surface area contributed by atoms with E-state index >= 15 is 0 Å². The quantitative estimate of drug-likeness (QED) is 0.549. The van der Waals surface area contributed by atoms with Crippen molar-refractivity contribution in [2.75, 3.05) is 0 Å². The van der Waals surface area contributed by atoms with Crippen LogP contribution in [-0.4, -0.2) is 11.9 Å². The fraction of sp³-hybridized carbons (Fsp3) is 0.615. The van der Waals surface area contributed by atoms with Crippen LogP contribution < -0.4 is 5.32 Å². The van der Waals surface area contributed by atoms with Crippen LogP contribution in [0.2, 0.25) is 0 Å². The minimum absolute atomic E-state index is 0.0732. The number of carbonyl (C=O) groups excluding carboxylic acids is 1. The molecule has 0 spiro atoms. The van der Waals surface area contributed by atoms with Crippen molar-refractivity contribution < 1.29 is 4.79 Å². The van der Waals surface area contributed by atoms with Crippen LogP contribution in [-0.2, 0) is 4.79 Å². The molecule has 0 saturated carbocycles. The Hall–Kier alpha value is -1.05. The molecule has 2 heteroatoms. The van der Waals surface area contributed by atoms with Gasteiger partial charge < -0.3 is 5.32 Å². The van der Waals surface area contributed by atoms with Gasteiger partial charge in [-0.25, -0.2) is 0 Å². The average Bonchev–Trinajstić information content (AvgIpc) is 2.45. The van der Waals surface area contributed by atoms with E-state index in [1.54, 1.807) is 0 Å². The summed E-state index contributed by atoms with van der Waals surface area (Å²) >= 11 is 0. The highest BCUT2D eigenvalue weighted by molar-refractivity contribution is 5.87. The normalized spacial score (nSPS) is 20.2. The van der Waals surface area contributed by atoms with Crippen LogP contribution in [0.3, 0.4) is 0 Å². The summed E-state index contributed by atoms with van der Waals surface area (Å²) in [5, 5.41) is 2.91. The van der Waals surface area contributed by atoms with E-state index in [2.05, 4.69) is 24.9 Å². The molecule has 1 rings (SSSR count).